The van der Waals surface area contributed by atoms with Crippen LogP contribution in [0.5, 0.6) is 0 Å². The van der Waals surface area contributed by atoms with Crippen LogP contribution < -0.4 is 4.72 Å². The molecule has 0 saturated carbocycles. The zero-order valence-corrected chi connectivity index (χ0v) is 17.1. The highest BCUT2D eigenvalue weighted by Crippen LogP contribution is 2.66. The predicted octanol–water partition coefficient (Wildman–Crippen LogP) is 6.07. The van der Waals surface area contributed by atoms with Crippen LogP contribution in [-0.2, 0) is 16.6 Å². The highest BCUT2D eigenvalue weighted by atomic mass is 32.2. The largest absolute Gasteiger partial charge is 0.460 e. The quantitative estimate of drug-likeness (QED) is 0.356. The third kappa shape index (κ3) is 4.34. The van der Waals surface area contributed by atoms with Crippen molar-refractivity contribution in [2.24, 2.45) is 0 Å². The summed E-state index contributed by atoms with van der Waals surface area (Å²) in [6.07, 6.45) is -16.5. The minimum Gasteiger partial charge on any atom is -0.219 e. The van der Waals surface area contributed by atoms with Crippen LogP contribution in [0.4, 0.5) is 74.6 Å². The maximum atomic E-state index is 14.3. The van der Waals surface area contributed by atoms with E-state index in [0.717, 1.165) is 24.3 Å². The Kier molecular flexibility index (Phi) is 7.78. The van der Waals surface area contributed by atoms with E-state index in [1.54, 1.807) is 0 Å². The van der Waals surface area contributed by atoms with Crippen molar-refractivity contribution in [1.29, 1.82) is 0 Å². The molecule has 0 fully saturated rings. The van der Waals surface area contributed by atoms with Gasteiger partial charge in [0.1, 0.15) is 0 Å². The minimum atomic E-state index is -9.07. The average Bonchev–Trinajstić information content (AvgIpc) is 2.69. The van der Waals surface area contributed by atoms with Crippen LogP contribution in [0.25, 0.3) is 0 Å². The summed E-state index contributed by atoms with van der Waals surface area (Å²) in [7, 11) is -7.49. The zero-order valence-electron chi connectivity index (χ0n) is 16.2. The second-order valence-electron chi connectivity index (χ2n) is 6.78. The molecule has 1 N–H and O–H groups in total. The van der Waals surface area contributed by atoms with Gasteiger partial charge in [0.25, 0.3) is 10.0 Å². The molecular weight excluding hydrogens is 581 g/mol. The first kappa shape index (κ1) is 32.0. The van der Waals surface area contributed by atoms with Crippen LogP contribution in [0.2, 0.25) is 0 Å². The Morgan fingerprint density at radius 2 is 0.972 bits per heavy atom. The molecule has 1 aromatic rings. The first-order valence-electron chi connectivity index (χ1n) is 8.32. The number of alkyl halides is 17. The van der Waals surface area contributed by atoms with E-state index in [4.69, 9.17) is 0 Å². The first-order valence-corrected chi connectivity index (χ1v) is 9.81. The lowest BCUT2D eigenvalue weighted by Crippen LogP contribution is -2.79. The molecule has 36 heavy (non-hydrogen) atoms. The molecule has 0 spiro atoms. The van der Waals surface area contributed by atoms with Crippen LogP contribution in [0.1, 0.15) is 5.56 Å². The molecule has 0 radical (unpaired) electrons. The van der Waals surface area contributed by atoms with Crippen molar-refractivity contribution in [3.63, 3.8) is 0 Å². The predicted molar refractivity (Wildman–Crippen MR) is 82.9 cm³/mol. The van der Waals surface area contributed by atoms with Crippen LogP contribution in [-0.4, -0.2) is 55.4 Å². The van der Waals surface area contributed by atoms with Crippen molar-refractivity contribution in [3.8, 4) is 0 Å². The summed E-state index contributed by atoms with van der Waals surface area (Å²) in [4.78, 5) is 0. The molecule has 3 nitrogen and oxygen atoms in total. The fraction of sp³-hybridized carbons (Fsp3) is 0.600. The molecule has 1 unspecified atom stereocenters. The molecule has 1 atom stereocenters. The SMILES string of the molecule is O=S(=O)(NCc1ccccc1)C(F)(F)C(F)(F)C(F)(C(F)(F)F)C(F)(F)C(F)(F)C(F)(F)C(F)(F)F. The standard InChI is InChI=1S/C15H8F17NO2S/c16-8(13(25,26)27,9(17,18)11(21,22)12(23,24)14(28,29)30)10(19,20)15(31,32)36(34,35)33-6-7-4-2-1-3-5-7/h1-5,33H,6H2. The zero-order chi connectivity index (χ0) is 29.0. The number of rotatable bonds is 9. The van der Waals surface area contributed by atoms with Gasteiger partial charge in [-0.05, 0) is 5.56 Å². The van der Waals surface area contributed by atoms with Crippen molar-refractivity contribution >= 4 is 10.0 Å². The summed E-state index contributed by atoms with van der Waals surface area (Å²) in [6.45, 7) is -1.53. The van der Waals surface area contributed by atoms with Gasteiger partial charge in [-0.15, -0.1) is 0 Å². The van der Waals surface area contributed by atoms with E-state index in [1.807, 2.05) is 0 Å². The molecule has 0 aliphatic heterocycles. The van der Waals surface area contributed by atoms with E-state index in [-0.39, 0.29) is 0 Å². The minimum absolute atomic E-state index is 0.427. The van der Waals surface area contributed by atoms with Gasteiger partial charge in [-0.1, -0.05) is 30.3 Å². The van der Waals surface area contributed by atoms with Crippen LogP contribution in [0.3, 0.4) is 0 Å². The summed E-state index contributed by atoms with van der Waals surface area (Å²) in [5.74, 6) is -35.0. The maximum absolute atomic E-state index is 14.3. The highest BCUT2D eigenvalue weighted by molar-refractivity contribution is 7.90. The van der Waals surface area contributed by atoms with Crippen molar-refractivity contribution in [1.82, 2.24) is 4.72 Å². The Morgan fingerprint density at radius 1 is 0.556 bits per heavy atom. The molecule has 0 bridgehead atoms. The van der Waals surface area contributed by atoms with E-state index in [0.29, 0.717) is 4.72 Å². The monoisotopic (exact) mass is 589 g/mol. The van der Waals surface area contributed by atoms with Gasteiger partial charge in [0, 0.05) is 6.54 Å². The second-order valence-corrected chi connectivity index (χ2v) is 8.59. The number of hydrogen-bond acceptors (Lipinski definition) is 2. The number of hydrogen-bond donors (Lipinski definition) is 1. The van der Waals surface area contributed by atoms with E-state index in [2.05, 4.69) is 0 Å². The van der Waals surface area contributed by atoms with Gasteiger partial charge in [-0.3, -0.25) is 0 Å². The first-order chi connectivity index (χ1) is 15.6. The lowest BCUT2D eigenvalue weighted by atomic mass is 9.83. The fourth-order valence-electron chi connectivity index (χ4n) is 2.38. The van der Waals surface area contributed by atoms with E-state index < -0.39 is 69.1 Å². The van der Waals surface area contributed by atoms with Gasteiger partial charge >= 0.3 is 47.0 Å². The Balaban J connectivity index is 3.81. The van der Waals surface area contributed by atoms with Gasteiger partial charge in [0.2, 0.25) is 0 Å². The molecule has 0 amide bonds. The number of benzene rings is 1. The summed E-state index contributed by atoms with van der Waals surface area (Å²) >= 11 is 0. The molecular formula is C15H8F17NO2S. The number of halogens is 17. The fourth-order valence-corrected chi connectivity index (χ4v) is 3.39. The summed E-state index contributed by atoms with van der Waals surface area (Å²) in [5, 5.41) is -7.81. The summed E-state index contributed by atoms with van der Waals surface area (Å²) in [5.41, 5.74) is -9.46. The maximum Gasteiger partial charge on any atom is 0.460 e. The molecule has 0 aromatic heterocycles. The van der Waals surface area contributed by atoms with Crippen molar-refractivity contribution < 1.29 is 83.1 Å². The third-order valence-corrected chi connectivity index (χ3v) is 5.87. The van der Waals surface area contributed by atoms with Gasteiger partial charge in [-0.2, -0.15) is 70.2 Å². The van der Waals surface area contributed by atoms with E-state index in [1.165, 1.54) is 6.07 Å². The van der Waals surface area contributed by atoms with Gasteiger partial charge in [0.05, 0.1) is 0 Å². The lowest BCUT2D eigenvalue weighted by Gasteiger charge is -2.45. The number of sulfonamides is 1. The molecule has 1 aromatic carbocycles. The second kappa shape index (κ2) is 8.76. The lowest BCUT2D eigenvalue weighted by molar-refractivity contribution is -0.461. The molecule has 21 heteroatoms. The Bertz CT molecular complexity index is 1030. The molecule has 1 rings (SSSR count). The van der Waals surface area contributed by atoms with Crippen molar-refractivity contribution in [2.75, 3.05) is 0 Å². The topological polar surface area (TPSA) is 46.2 Å². The van der Waals surface area contributed by atoms with E-state index >= 15 is 0 Å². The van der Waals surface area contributed by atoms with E-state index in [9.17, 15) is 83.1 Å². The van der Waals surface area contributed by atoms with Gasteiger partial charge in [-0.25, -0.2) is 17.5 Å². The van der Waals surface area contributed by atoms with Crippen LogP contribution >= 0.6 is 0 Å². The molecule has 0 heterocycles. The van der Waals surface area contributed by atoms with Gasteiger partial charge in [0.15, 0.2) is 0 Å². The third-order valence-electron chi connectivity index (χ3n) is 4.41. The van der Waals surface area contributed by atoms with Crippen molar-refractivity contribution in [2.45, 2.75) is 53.5 Å². The summed E-state index contributed by atoms with van der Waals surface area (Å²) < 4.78 is 249. The Hall–Kier alpha value is -2.06. The Labute approximate surface area is 188 Å². The smallest absolute Gasteiger partial charge is 0.219 e. The number of nitrogens with one attached hydrogen (secondary N) is 1. The highest BCUT2D eigenvalue weighted by Gasteiger charge is 2.99. The Morgan fingerprint density at radius 3 is 1.33 bits per heavy atom. The van der Waals surface area contributed by atoms with Crippen LogP contribution in [0.15, 0.2) is 30.3 Å². The average molecular weight is 589 g/mol. The van der Waals surface area contributed by atoms with Gasteiger partial charge < -0.3 is 0 Å². The van der Waals surface area contributed by atoms with Crippen molar-refractivity contribution in [3.05, 3.63) is 35.9 Å². The normalized spacial score (nSPS) is 17.1. The summed E-state index contributed by atoms with van der Waals surface area (Å²) in [6, 6.07) is 5.04. The van der Waals surface area contributed by atoms with Crippen LogP contribution in [0, 0.1) is 0 Å². The molecule has 0 aliphatic rings. The molecule has 210 valence electrons. The molecule has 0 aliphatic carbocycles. The molecule has 0 saturated heterocycles.